The molecule has 0 aliphatic carbocycles. The third kappa shape index (κ3) is 75.7. The van der Waals surface area contributed by atoms with E-state index in [0.717, 1.165) is 6.92 Å². The Morgan fingerprint density at radius 3 is 1.44 bits per heavy atom. The van der Waals surface area contributed by atoms with E-state index in [9.17, 15) is 0 Å². The summed E-state index contributed by atoms with van der Waals surface area (Å²) in [5, 5.41) is 23.6. The molecule has 0 bridgehead atoms. The van der Waals surface area contributed by atoms with Gasteiger partial charge >= 0.3 is 0 Å². The summed E-state index contributed by atoms with van der Waals surface area (Å²) in [7, 11) is 0. The Hall–Kier alpha value is -1.37. The highest BCUT2D eigenvalue weighted by molar-refractivity contribution is 5.60. The number of aliphatic carboxylic acids is 1. The second kappa shape index (κ2) is 9.80. The fourth-order valence-corrected chi connectivity index (χ4v) is 0. The average molecular weight is 139 g/mol. The summed E-state index contributed by atoms with van der Waals surface area (Å²) < 4.78 is 0. The molecule has 0 radical (unpaired) electrons. The predicted molar refractivity (Wildman–Crippen MR) is 27.0 cm³/mol. The SMILES string of the molecule is CC(=O)[O-].O=[N+]([O-])[O-].[NH4+]. The first-order chi connectivity index (χ1) is 3.46. The lowest BCUT2D eigenvalue weighted by atomic mass is 10.9. The number of carbonyl (C=O) groups excluding carboxylic acids is 1. The summed E-state index contributed by atoms with van der Waals surface area (Å²) in [4.78, 5) is 17.1. The van der Waals surface area contributed by atoms with Crippen LogP contribution in [0.2, 0.25) is 0 Å². The molecule has 4 N–H and O–H groups in total. The quantitative estimate of drug-likeness (QED) is 0.334. The van der Waals surface area contributed by atoms with Gasteiger partial charge in [-0.25, -0.2) is 0 Å². The first-order valence-electron chi connectivity index (χ1n) is 1.46. The lowest BCUT2D eigenvalue weighted by molar-refractivity contribution is -0.402. The molecule has 0 atom stereocenters. The summed E-state index contributed by atoms with van der Waals surface area (Å²) in [5.74, 6) is -1.08. The molecule has 9 heavy (non-hydrogen) atoms. The van der Waals surface area contributed by atoms with Crippen molar-refractivity contribution in [1.82, 2.24) is 6.15 Å². The Balaban J connectivity index is -0.0000000720. The molecule has 0 aliphatic rings. The minimum Gasteiger partial charge on any atom is -0.550 e. The van der Waals surface area contributed by atoms with Crippen LogP contribution < -0.4 is 11.3 Å². The average Bonchev–Trinajstić information content (AvgIpc) is 1.25. The Morgan fingerprint density at radius 2 is 1.44 bits per heavy atom. The number of nitrogens with zero attached hydrogens (tertiary/aromatic N) is 1. The number of rotatable bonds is 0. The number of carboxylic acid groups (broad SMARTS) is 1. The molecule has 0 aliphatic heterocycles. The van der Waals surface area contributed by atoms with E-state index in [-0.39, 0.29) is 6.15 Å². The van der Waals surface area contributed by atoms with Gasteiger partial charge in [0.05, 0.1) is 5.09 Å². The second-order valence-corrected chi connectivity index (χ2v) is 0.715. The number of hydrogen-bond acceptors (Lipinski definition) is 5. The fourth-order valence-electron chi connectivity index (χ4n) is 0. The zero-order valence-electron chi connectivity index (χ0n) is 4.99. The summed E-state index contributed by atoms with van der Waals surface area (Å²) in [5.41, 5.74) is 0. The first-order valence-corrected chi connectivity index (χ1v) is 1.46. The maximum Gasteiger partial charge on any atom is 0.0689 e. The first kappa shape index (κ1) is 15.6. The molecule has 0 spiro atoms. The third-order valence-corrected chi connectivity index (χ3v) is 0. The Bertz CT molecular complexity index is 71.0. The molecule has 56 valence electrons. The van der Waals surface area contributed by atoms with Gasteiger partial charge in [0.15, 0.2) is 0 Å². The smallest absolute Gasteiger partial charge is 0.0689 e. The minimum atomic E-state index is -1.75. The fraction of sp³-hybridized carbons (Fsp3) is 0.500. The standard InChI is InChI=1S/C2H4O2.NO3.H3N/c1-2(3)4;2-1(3)4;/h1H3,(H,3,4);;1H3/q;-1;. The van der Waals surface area contributed by atoms with Crippen molar-refractivity contribution >= 4 is 5.97 Å². The van der Waals surface area contributed by atoms with Crippen LogP contribution in [-0.2, 0) is 4.79 Å². The van der Waals surface area contributed by atoms with Gasteiger partial charge in [0.25, 0.3) is 0 Å². The van der Waals surface area contributed by atoms with Gasteiger partial charge in [0.1, 0.15) is 0 Å². The lowest BCUT2D eigenvalue weighted by Crippen LogP contribution is -2.16. The zero-order valence-corrected chi connectivity index (χ0v) is 4.99. The summed E-state index contributed by atoms with van der Waals surface area (Å²) in [6.45, 7) is 0.972. The van der Waals surface area contributed by atoms with Crippen molar-refractivity contribution < 1.29 is 15.0 Å². The van der Waals surface area contributed by atoms with E-state index in [4.69, 9.17) is 25.2 Å². The molecule has 0 unspecified atom stereocenters. The van der Waals surface area contributed by atoms with Crippen molar-refractivity contribution in [3.8, 4) is 0 Å². The highest BCUT2D eigenvalue weighted by Crippen LogP contribution is 1.44. The molecule has 0 fully saturated rings. The van der Waals surface area contributed by atoms with Crippen LogP contribution in [0.15, 0.2) is 0 Å². The van der Waals surface area contributed by atoms with Gasteiger partial charge in [-0.3, -0.25) is 0 Å². The molecule has 0 saturated heterocycles. The van der Waals surface area contributed by atoms with E-state index in [1.54, 1.807) is 0 Å². The topological polar surface area (TPSA) is 143 Å². The minimum absolute atomic E-state index is 0. The van der Waals surface area contributed by atoms with Crippen molar-refractivity contribution in [3.05, 3.63) is 15.3 Å². The lowest BCUT2D eigenvalue weighted by Gasteiger charge is -1.77. The number of carboxylic acids is 1. The van der Waals surface area contributed by atoms with Gasteiger partial charge in [0.2, 0.25) is 0 Å². The normalized spacial score (nSPS) is 5.44. The predicted octanol–water partition coefficient (Wildman–Crippen LogP) is -1.11. The van der Waals surface area contributed by atoms with Crippen molar-refractivity contribution in [3.63, 3.8) is 0 Å². The van der Waals surface area contributed by atoms with Gasteiger partial charge in [-0.2, -0.15) is 0 Å². The monoisotopic (exact) mass is 139 g/mol. The maximum atomic E-state index is 8.89. The highest BCUT2D eigenvalue weighted by atomic mass is 16.9. The van der Waals surface area contributed by atoms with Crippen molar-refractivity contribution in [2.24, 2.45) is 0 Å². The van der Waals surface area contributed by atoms with Crippen molar-refractivity contribution in [1.29, 1.82) is 0 Å². The summed E-state index contributed by atoms with van der Waals surface area (Å²) >= 11 is 0. The molecule has 0 rings (SSSR count). The molecule has 0 heterocycles. The van der Waals surface area contributed by atoms with E-state index in [1.807, 2.05) is 0 Å². The Morgan fingerprint density at radius 1 is 1.44 bits per heavy atom. The van der Waals surface area contributed by atoms with Gasteiger partial charge < -0.3 is 31.4 Å². The van der Waals surface area contributed by atoms with Crippen molar-refractivity contribution in [2.45, 2.75) is 6.92 Å². The van der Waals surface area contributed by atoms with Crippen LogP contribution in [0.5, 0.6) is 0 Å². The van der Waals surface area contributed by atoms with Gasteiger partial charge in [0, 0.05) is 5.97 Å². The molecule has 0 amide bonds. The van der Waals surface area contributed by atoms with E-state index in [1.165, 1.54) is 0 Å². The van der Waals surface area contributed by atoms with E-state index >= 15 is 0 Å². The largest absolute Gasteiger partial charge is 0.550 e. The highest BCUT2D eigenvalue weighted by Gasteiger charge is 1.46. The van der Waals surface area contributed by atoms with E-state index in [2.05, 4.69) is 0 Å². The van der Waals surface area contributed by atoms with Crippen LogP contribution in [0.25, 0.3) is 0 Å². The molecule has 7 heteroatoms. The number of hydrogen-bond donors (Lipinski definition) is 1. The van der Waals surface area contributed by atoms with Crippen LogP contribution in [0.3, 0.4) is 0 Å². The van der Waals surface area contributed by atoms with Gasteiger partial charge in [-0.05, 0) is 6.92 Å². The summed E-state index contributed by atoms with van der Waals surface area (Å²) in [6, 6.07) is 0. The molecule has 0 aromatic rings. The van der Waals surface area contributed by atoms with Crippen LogP contribution in [0, 0.1) is 15.3 Å². The summed E-state index contributed by atoms with van der Waals surface area (Å²) in [6.07, 6.45) is 0. The van der Waals surface area contributed by atoms with Crippen LogP contribution in [0.1, 0.15) is 6.92 Å². The molecule has 7 nitrogen and oxygen atoms in total. The van der Waals surface area contributed by atoms with E-state index in [0.29, 0.717) is 0 Å². The molecule has 0 aromatic heterocycles. The van der Waals surface area contributed by atoms with Crippen molar-refractivity contribution in [2.75, 3.05) is 0 Å². The zero-order chi connectivity index (χ0) is 7.15. The number of quaternary nitrogens is 1. The van der Waals surface area contributed by atoms with Crippen LogP contribution >= 0.6 is 0 Å². The van der Waals surface area contributed by atoms with Crippen LogP contribution in [0.4, 0.5) is 0 Å². The molecular formula is C2H7N2O5-. The van der Waals surface area contributed by atoms with Gasteiger partial charge in [-0.15, -0.1) is 0 Å². The van der Waals surface area contributed by atoms with E-state index < -0.39 is 11.1 Å². The third-order valence-electron chi connectivity index (χ3n) is 0. The number of carbonyl (C=O) groups is 1. The molecule has 0 aromatic carbocycles. The second-order valence-electron chi connectivity index (χ2n) is 0.715. The molecular weight excluding hydrogens is 132 g/mol. The van der Waals surface area contributed by atoms with Crippen LogP contribution in [-0.4, -0.2) is 11.1 Å². The Labute approximate surface area is 50.6 Å². The Kier molecular flexibility index (Phi) is 17.0. The molecule has 0 saturated carbocycles. The maximum absolute atomic E-state index is 8.89. The van der Waals surface area contributed by atoms with Gasteiger partial charge in [-0.1, -0.05) is 0 Å².